The average Bonchev–Trinajstić information content (AvgIpc) is 3.25. The molecule has 0 bridgehead atoms. The third-order valence-electron chi connectivity index (χ3n) is 5.70. The van der Waals surface area contributed by atoms with Crippen LogP contribution in [0.2, 0.25) is 0 Å². The summed E-state index contributed by atoms with van der Waals surface area (Å²) in [6, 6.07) is 7.20. The van der Waals surface area contributed by atoms with Crippen LogP contribution in [-0.2, 0) is 9.47 Å². The highest BCUT2D eigenvalue weighted by atomic mass is 16.6. The number of nitrogens with zero attached hydrogens (tertiary/aromatic N) is 4. The number of rotatable bonds is 4. The maximum absolute atomic E-state index is 12.6. The minimum absolute atomic E-state index is 0.0549. The highest BCUT2D eigenvalue weighted by Gasteiger charge is 2.30. The van der Waals surface area contributed by atoms with E-state index in [-0.39, 0.29) is 18.0 Å². The van der Waals surface area contributed by atoms with Crippen molar-refractivity contribution >= 4 is 23.5 Å². The van der Waals surface area contributed by atoms with E-state index >= 15 is 0 Å². The fourth-order valence-corrected chi connectivity index (χ4v) is 4.15. The Labute approximate surface area is 198 Å². The van der Waals surface area contributed by atoms with Gasteiger partial charge in [0.25, 0.3) is 0 Å². The molecule has 1 aliphatic rings. The molecule has 2 aromatic heterocycles. The first-order chi connectivity index (χ1) is 16.2. The van der Waals surface area contributed by atoms with Gasteiger partial charge >= 0.3 is 12.1 Å². The highest BCUT2D eigenvalue weighted by molar-refractivity contribution is 5.91. The molecule has 0 saturated carbocycles. The van der Waals surface area contributed by atoms with Crippen molar-refractivity contribution in [3.8, 4) is 11.3 Å². The number of hydrogen-bond acceptors (Lipinski definition) is 7. The Bertz CT molecular complexity index is 1210. The number of benzene rings is 1. The third-order valence-corrected chi connectivity index (χ3v) is 5.70. The van der Waals surface area contributed by atoms with Crippen LogP contribution in [0, 0.1) is 0 Å². The van der Waals surface area contributed by atoms with Crippen molar-refractivity contribution in [2.45, 2.75) is 52.1 Å². The summed E-state index contributed by atoms with van der Waals surface area (Å²) in [7, 11) is 0. The smallest absolute Gasteiger partial charge is 0.410 e. The van der Waals surface area contributed by atoms with Crippen LogP contribution < -0.4 is 5.73 Å². The summed E-state index contributed by atoms with van der Waals surface area (Å²) < 4.78 is 12.6. The van der Waals surface area contributed by atoms with Gasteiger partial charge in [0.1, 0.15) is 5.60 Å². The maximum atomic E-state index is 12.6. The van der Waals surface area contributed by atoms with E-state index in [1.807, 2.05) is 43.5 Å². The largest absolute Gasteiger partial charge is 0.462 e. The number of anilines is 1. The zero-order valence-electron chi connectivity index (χ0n) is 20.1. The van der Waals surface area contributed by atoms with Gasteiger partial charge in [-0.25, -0.2) is 19.6 Å². The number of carbonyl (C=O) groups excluding carboxylic acids is 2. The summed E-state index contributed by atoms with van der Waals surface area (Å²) >= 11 is 0. The first-order valence-corrected chi connectivity index (χ1v) is 11.5. The van der Waals surface area contributed by atoms with E-state index in [2.05, 4.69) is 4.98 Å². The second-order valence-electron chi connectivity index (χ2n) is 9.45. The molecule has 1 atom stereocenters. The van der Waals surface area contributed by atoms with Crippen LogP contribution in [0.25, 0.3) is 16.9 Å². The fourth-order valence-electron chi connectivity index (χ4n) is 4.15. The van der Waals surface area contributed by atoms with Crippen LogP contribution in [0.1, 0.15) is 62.5 Å². The highest BCUT2D eigenvalue weighted by Crippen LogP contribution is 2.30. The number of nitrogens with two attached hydrogens (primary N) is 1. The minimum atomic E-state index is -0.541. The predicted molar refractivity (Wildman–Crippen MR) is 129 cm³/mol. The molecule has 3 heterocycles. The number of ether oxygens (including phenoxy) is 2. The number of nitrogen functional groups attached to an aromatic ring is 1. The molecule has 0 radical (unpaired) electrons. The number of carbonyl (C=O) groups is 2. The van der Waals surface area contributed by atoms with Crippen molar-refractivity contribution in [1.29, 1.82) is 0 Å². The topological polar surface area (TPSA) is 112 Å². The molecule has 180 valence electrons. The number of imidazole rings is 1. The van der Waals surface area contributed by atoms with Gasteiger partial charge in [0.2, 0.25) is 0 Å². The Morgan fingerprint density at radius 2 is 2.06 bits per heavy atom. The SMILES string of the molecule is CCOC(=O)c1cccc(-c2cnc(N)c3nc(C4CCCN(C(=O)OC(C)(C)C)C4)cn23)c1. The molecule has 9 heteroatoms. The van der Waals surface area contributed by atoms with Crippen molar-refractivity contribution in [3.63, 3.8) is 0 Å². The minimum Gasteiger partial charge on any atom is -0.462 e. The molecule has 0 aliphatic carbocycles. The lowest BCUT2D eigenvalue weighted by Crippen LogP contribution is -2.42. The van der Waals surface area contributed by atoms with Gasteiger partial charge in [-0.05, 0) is 52.7 Å². The van der Waals surface area contributed by atoms with Crippen LogP contribution in [-0.4, -0.2) is 56.6 Å². The van der Waals surface area contributed by atoms with Crippen LogP contribution >= 0.6 is 0 Å². The Morgan fingerprint density at radius 3 is 2.79 bits per heavy atom. The quantitative estimate of drug-likeness (QED) is 0.573. The number of piperidine rings is 1. The maximum Gasteiger partial charge on any atom is 0.410 e. The Balaban J connectivity index is 1.66. The molecule has 1 aliphatic heterocycles. The summed E-state index contributed by atoms with van der Waals surface area (Å²) in [6.07, 6.45) is 5.08. The van der Waals surface area contributed by atoms with Gasteiger partial charge in [0.15, 0.2) is 11.5 Å². The molecule has 4 rings (SSSR count). The number of fused-ring (bicyclic) bond motifs is 1. The van der Waals surface area contributed by atoms with E-state index in [0.717, 1.165) is 29.8 Å². The van der Waals surface area contributed by atoms with E-state index in [1.54, 1.807) is 30.2 Å². The van der Waals surface area contributed by atoms with Gasteiger partial charge < -0.3 is 20.1 Å². The van der Waals surface area contributed by atoms with Crippen LogP contribution in [0.15, 0.2) is 36.7 Å². The van der Waals surface area contributed by atoms with Crippen molar-refractivity contribution in [1.82, 2.24) is 19.3 Å². The first kappa shape index (κ1) is 23.5. The van der Waals surface area contributed by atoms with E-state index in [1.165, 1.54) is 0 Å². The number of likely N-dealkylation sites (tertiary alicyclic amines) is 1. The first-order valence-electron chi connectivity index (χ1n) is 11.5. The monoisotopic (exact) mass is 465 g/mol. The summed E-state index contributed by atoms with van der Waals surface area (Å²) in [6.45, 7) is 8.86. The lowest BCUT2D eigenvalue weighted by molar-refractivity contribution is 0.0197. The van der Waals surface area contributed by atoms with Crippen LogP contribution in [0.3, 0.4) is 0 Å². The van der Waals surface area contributed by atoms with Gasteiger partial charge in [-0.1, -0.05) is 12.1 Å². The molecule has 1 fully saturated rings. The normalized spacial score (nSPS) is 16.5. The molecule has 3 aromatic rings. The van der Waals surface area contributed by atoms with Gasteiger partial charge in [-0.3, -0.25) is 4.40 Å². The Kier molecular flexibility index (Phi) is 6.45. The van der Waals surface area contributed by atoms with E-state index in [4.69, 9.17) is 20.2 Å². The van der Waals surface area contributed by atoms with E-state index < -0.39 is 5.60 Å². The zero-order chi connectivity index (χ0) is 24.5. The molecule has 1 unspecified atom stereocenters. The Hall–Kier alpha value is -3.62. The predicted octanol–water partition coefficient (Wildman–Crippen LogP) is 4.27. The third kappa shape index (κ3) is 4.98. The number of hydrogen-bond donors (Lipinski definition) is 1. The number of esters is 1. The summed E-state index contributed by atoms with van der Waals surface area (Å²) in [5.41, 5.74) is 9.02. The number of amides is 1. The molecule has 0 spiro atoms. The van der Waals surface area contributed by atoms with Crippen molar-refractivity contribution < 1.29 is 19.1 Å². The lowest BCUT2D eigenvalue weighted by Gasteiger charge is -2.33. The summed E-state index contributed by atoms with van der Waals surface area (Å²) in [5, 5.41) is 0. The Morgan fingerprint density at radius 1 is 1.26 bits per heavy atom. The van der Waals surface area contributed by atoms with Crippen molar-refractivity contribution in [2.24, 2.45) is 0 Å². The van der Waals surface area contributed by atoms with E-state index in [0.29, 0.717) is 36.7 Å². The van der Waals surface area contributed by atoms with Gasteiger partial charge in [0.05, 0.1) is 29.8 Å². The fraction of sp³-hybridized carbons (Fsp3) is 0.440. The molecular formula is C25H31N5O4. The zero-order valence-corrected chi connectivity index (χ0v) is 20.1. The molecule has 34 heavy (non-hydrogen) atoms. The molecule has 2 N–H and O–H groups in total. The van der Waals surface area contributed by atoms with Crippen molar-refractivity contribution in [2.75, 3.05) is 25.4 Å². The average molecular weight is 466 g/mol. The molecular weight excluding hydrogens is 434 g/mol. The second kappa shape index (κ2) is 9.32. The molecule has 1 amide bonds. The lowest BCUT2D eigenvalue weighted by atomic mass is 9.95. The summed E-state index contributed by atoms with van der Waals surface area (Å²) in [5.74, 6) is -0.00426. The van der Waals surface area contributed by atoms with Crippen molar-refractivity contribution in [3.05, 3.63) is 47.9 Å². The number of aromatic nitrogens is 3. The van der Waals surface area contributed by atoms with Gasteiger partial charge in [-0.2, -0.15) is 0 Å². The van der Waals surface area contributed by atoms with E-state index in [9.17, 15) is 9.59 Å². The molecule has 1 saturated heterocycles. The van der Waals surface area contributed by atoms with Gasteiger partial charge in [0, 0.05) is 30.8 Å². The van der Waals surface area contributed by atoms with Crippen LogP contribution in [0.4, 0.5) is 10.6 Å². The van der Waals surface area contributed by atoms with Gasteiger partial charge in [-0.15, -0.1) is 0 Å². The van der Waals surface area contributed by atoms with Crippen LogP contribution in [0.5, 0.6) is 0 Å². The standard InChI is InChI=1S/C25H31N5O4/c1-5-33-23(31)17-9-6-8-16(12-17)20-13-27-21(26)22-28-19(15-30(20)22)18-10-7-11-29(14-18)24(32)34-25(2,3)4/h6,8-9,12-13,15,18H,5,7,10-11,14H2,1-4H3,(H2,26,27). The second-order valence-corrected chi connectivity index (χ2v) is 9.45. The molecule has 9 nitrogen and oxygen atoms in total. The summed E-state index contributed by atoms with van der Waals surface area (Å²) in [4.78, 5) is 35.7. The molecule has 1 aromatic carbocycles.